The summed E-state index contributed by atoms with van der Waals surface area (Å²) in [6.07, 6.45) is 4.39. The summed E-state index contributed by atoms with van der Waals surface area (Å²) in [6, 6.07) is 12.2. The van der Waals surface area contributed by atoms with Crippen LogP contribution >= 0.6 is 0 Å². The lowest BCUT2D eigenvalue weighted by molar-refractivity contribution is -0.266. The van der Waals surface area contributed by atoms with E-state index < -0.39 is 30.1 Å². The van der Waals surface area contributed by atoms with Crippen LogP contribution in [0.4, 0.5) is 8.78 Å². The van der Waals surface area contributed by atoms with Crippen LogP contribution in [0.15, 0.2) is 30.3 Å². The van der Waals surface area contributed by atoms with Crippen molar-refractivity contribution >= 4 is 18.9 Å². The maximum absolute atomic E-state index is 13.9. The van der Waals surface area contributed by atoms with Gasteiger partial charge < -0.3 is 19.5 Å². The van der Waals surface area contributed by atoms with Crippen molar-refractivity contribution in [3.05, 3.63) is 35.9 Å². The van der Waals surface area contributed by atoms with E-state index in [0.29, 0.717) is 25.4 Å². The summed E-state index contributed by atoms with van der Waals surface area (Å²) in [5.41, 5.74) is 0.0653. The topological polar surface area (TPSA) is 94.9 Å². The standard InChI is InChI=1S/C37H53BF2N4O4/c1-33(2,44-16-14-37(39,40)24-44)20-27(22-41)32(46)43-15-10-13-26(23-43)18-31(45)42-30(17-25-11-8-7-9-12-25)38-47-29-19-28-21-35(5,34(28,3)4)36(29,6)48-38/h7-9,11-12,26-30H,10,13-21,23-24H2,1-6H3,(H,42,45)/t26-,27-,28-,29-,30+,35?,36-/m1/s1. The third-order valence-electron chi connectivity index (χ3n) is 13.4. The quantitative estimate of drug-likeness (QED) is 0.325. The lowest BCUT2D eigenvalue weighted by Crippen LogP contribution is -2.72. The minimum atomic E-state index is -2.74. The van der Waals surface area contributed by atoms with E-state index >= 15 is 0 Å². The molecule has 3 saturated heterocycles. The smallest absolute Gasteiger partial charge is 0.404 e. The first kappa shape index (κ1) is 35.3. The summed E-state index contributed by atoms with van der Waals surface area (Å²) in [6.45, 7) is 13.7. The number of nitriles is 1. The predicted molar refractivity (Wildman–Crippen MR) is 180 cm³/mol. The van der Waals surface area contributed by atoms with Gasteiger partial charge >= 0.3 is 7.12 Å². The number of benzene rings is 1. The molecule has 7 atom stereocenters. The van der Waals surface area contributed by atoms with Crippen molar-refractivity contribution in [2.24, 2.45) is 28.6 Å². The van der Waals surface area contributed by atoms with Gasteiger partial charge in [-0.15, -0.1) is 0 Å². The molecule has 0 aromatic heterocycles. The molecule has 1 aromatic carbocycles. The fraction of sp³-hybridized carbons (Fsp3) is 0.757. The second-order valence-electron chi connectivity index (χ2n) is 17.0. The molecule has 0 spiro atoms. The van der Waals surface area contributed by atoms with E-state index in [1.54, 1.807) is 9.80 Å². The highest BCUT2D eigenvalue weighted by Gasteiger charge is 2.75. The highest BCUT2D eigenvalue weighted by Crippen LogP contribution is 2.73. The van der Waals surface area contributed by atoms with Crippen LogP contribution in [0.3, 0.4) is 0 Å². The Kier molecular flexibility index (Phi) is 9.30. The second-order valence-corrected chi connectivity index (χ2v) is 17.0. The lowest BCUT2D eigenvalue weighted by atomic mass is 9.35. The van der Waals surface area contributed by atoms with E-state index in [2.05, 4.69) is 51.2 Å². The SMILES string of the molecule is CC(C)(C[C@H](C#N)C(=O)N1CCC[C@H](CC(=O)N[C@@H](Cc2ccccc2)B2O[C@@H]3C[C@@H]4CC(C)(C4(C)C)[C@]3(C)O2)C1)N1CCC(F)(F)C1. The Balaban J connectivity index is 1.09. The van der Waals surface area contributed by atoms with Crippen molar-refractivity contribution < 1.29 is 27.7 Å². The van der Waals surface area contributed by atoms with Gasteiger partial charge in [0.25, 0.3) is 5.92 Å². The Hall–Kier alpha value is -2.55. The van der Waals surface area contributed by atoms with E-state index in [4.69, 9.17) is 9.31 Å². The average Bonchev–Trinajstić information content (AvgIpc) is 3.60. The summed E-state index contributed by atoms with van der Waals surface area (Å²) in [4.78, 5) is 30.7. The summed E-state index contributed by atoms with van der Waals surface area (Å²) in [5.74, 6) is -3.90. The molecule has 6 fully saturated rings. The first-order valence-corrected chi connectivity index (χ1v) is 18.0. The monoisotopic (exact) mass is 666 g/mol. The van der Waals surface area contributed by atoms with Gasteiger partial charge in [0.15, 0.2) is 0 Å². The van der Waals surface area contributed by atoms with Crippen molar-refractivity contribution in [1.82, 2.24) is 15.1 Å². The molecule has 1 N–H and O–H groups in total. The van der Waals surface area contributed by atoms with E-state index in [-0.39, 0.29) is 73.0 Å². The van der Waals surface area contributed by atoms with Crippen LogP contribution in [0.1, 0.15) is 92.1 Å². The molecule has 0 radical (unpaired) electrons. The molecule has 2 amide bonds. The van der Waals surface area contributed by atoms with Gasteiger partial charge in [-0.2, -0.15) is 5.26 Å². The minimum absolute atomic E-state index is 0.0161. The average molecular weight is 667 g/mol. The molecule has 3 saturated carbocycles. The van der Waals surface area contributed by atoms with Crippen LogP contribution in [0.2, 0.25) is 0 Å². The van der Waals surface area contributed by atoms with Crippen molar-refractivity contribution in [1.29, 1.82) is 5.26 Å². The largest absolute Gasteiger partial charge is 0.482 e. The summed E-state index contributed by atoms with van der Waals surface area (Å²) < 4.78 is 41.4. The van der Waals surface area contributed by atoms with E-state index in [9.17, 15) is 23.6 Å². The van der Waals surface area contributed by atoms with Crippen molar-refractivity contribution in [3.8, 4) is 6.07 Å². The summed E-state index contributed by atoms with van der Waals surface area (Å²) >= 11 is 0. The molecule has 2 bridgehead atoms. The zero-order chi connectivity index (χ0) is 34.7. The van der Waals surface area contributed by atoms with Gasteiger partial charge in [0.2, 0.25) is 11.8 Å². The van der Waals surface area contributed by atoms with Gasteiger partial charge in [-0.05, 0) is 82.1 Å². The Morgan fingerprint density at radius 2 is 1.90 bits per heavy atom. The fourth-order valence-electron chi connectivity index (χ4n) is 9.72. The van der Waals surface area contributed by atoms with Crippen LogP contribution in [0, 0.1) is 39.9 Å². The molecule has 3 heterocycles. The van der Waals surface area contributed by atoms with Gasteiger partial charge in [0.05, 0.1) is 30.3 Å². The number of amides is 2. The first-order valence-electron chi connectivity index (χ1n) is 18.0. The van der Waals surface area contributed by atoms with Crippen LogP contribution in [-0.2, 0) is 25.3 Å². The number of carbonyl (C=O) groups excluding carboxylic acids is 2. The van der Waals surface area contributed by atoms with Crippen LogP contribution < -0.4 is 5.32 Å². The maximum Gasteiger partial charge on any atom is 0.482 e. The molecule has 11 heteroatoms. The molecule has 48 heavy (non-hydrogen) atoms. The number of nitrogens with zero attached hydrogens (tertiary/aromatic N) is 3. The van der Waals surface area contributed by atoms with E-state index in [1.165, 1.54) is 0 Å². The summed E-state index contributed by atoms with van der Waals surface area (Å²) in [7, 11) is -0.573. The lowest BCUT2D eigenvalue weighted by Gasteiger charge is -2.71. The van der Waals surface area contributed by atoms with Crippen molar-refractivity contribution in [2.75, 3.05) is 26.2 Å². The Morgan fingerprint density at radius 3 is 2.54 bits per heavy atom. The predicted octanol–water partition coefficient (Wildman–Crippen LogP) is 5.65. The second kappa shape index (κ2) is 12.7. The molecule has 6 aliphatic rings. The van der Waals surface area contributed by atoms with Crippen LogP contribution in [-0.4, -0.2) is 84.0 Å². The number of carbonyl (C=O) groups is 2. The van der Waals surface area contributed by atoms with Gasteiger partial charge in [-0.25, -0.2) is 8.78 Å². The molecular weight excluding hydrogens is 613 g/mol. The molecule has 7 rings (SSSR count). The van der Waals surface area contributed by atoms with Gasteiger partial charge in [0, 0.05) is 43.4 Å². The molecule has 8 nitrogen and oxygen atoms in total. The normalized spacial score (nSPS) is 33.7. The molecule has 262 valence electrons. The summed E-state index contributed by atoms with van der Waals surface area (Å²) in [5, 5.41) is 13.3. The number of nitrogens with one attached hydrogen (secondary N) is 1. The molecular formula is C37H53BF2N4O4. The van der Waals surface area contributed by atoms with Crippen LogP contribution in [0.5, 0.6) is 0 Å². The molecule has 3 aliphatic heterocycles. The maximum atomic E-state index is 13.9. The minimum Gasteiger partial charge on any atom is -0.404 e. The first-order chi connectivity index (χ1) is 22.5. The van der Waals surface area contributed by atoms with Gasteiger partial charge in [-0.1, -0.05) is 51.1 Å². The third kappa shape index (κ3) is 6.31. The number of piperidine rings is 1. The van der Waals surface area contributed by atoms with Gasteiger partial charge in [0.1, 0.15) is 5.92 Å². The number of hydrogen-bond acceptors (Lipinski definition) is 6. The zero-order valence-corrected chi connectivity index (χ0v) is 29.6. The highest BCUT2D eigenvalue weighted by atomic mass is 19.3. The highest BCUT2D eigenvalue weighted by molar-refractivity contribution is 6.48. The van der Waals surface area contributed by atoms with E-state index in [0.717, 1.165) is 31.2 Å². The number of rotatable bonds is 10. The number of hydrogen-bond donors (Lipinski definition) is 1. The number of alkyl halides is 2. The Bertz CT molecular complexity index is 1420. The number of likely N-dealkylation sites (tertiary alicyclic amines) is 2. The molecule has 1 aromatic rings. The van der Waals surface area contributed by atoms with Crippen molar-refractivity contribution in [2.45, 2.75) is 122 Å². The van der Waals surface area contributed by atoms with Crippen molar-refractivity contribution in [3.63, 3.8) is 0 Å². The number of halogens is 2. The zero-order valence-electron chi connectivity index (χ0n) is 29.6. The Labute approximate surface area is 285 Å². The van der Waals surface area contributed by atoms with Crippen LogP contribution in [0.25, 0.3) is 0 Å². The third-order valence-corrected chi connectivity index (χ3v) is 13.4. The molecule has 3 aliphatic carbocycles. The van der Waals surface area contributed by atoms with Gasteiger partial charge in [-0.3, -0.25) is 14.5 Å². The fourth-order valence-corrected chi connectivity index (χ4v) is 9.72. The van der Waals surface area contributed by atoms with E-state index in [1.807, 2.05) is 32.0 Å². The Morgan fingerprint density at radius 1 is 1.17 bits per heavy atom. The molecule has 1 unspecified atom stereocenters.